The SMILES string of the molecule is CCCCC[C@@H](NC(=O)[C@H]1CCCN(C(C)=O)C1)C(=O)c1nc2ccccc2s1. The third-order valence-electron chi connectivity index (χ3n) is 5.47. The van der Waals surface area contributed by atoms with E-state index in [0.717, 1.165) is 42.3 Å². The van der Waals surface area contributed by atoms with Gasteiger partial charge in [-0.3, -0.25) is 14.4 Å². The number of thiazole rings is 1. The predicted octanol–water partition coefficient (Wildman–Crippen LogP) is 3.80. The summed E-state index contributed by atoms with van der Waals surface area (Å²) in [5.74, 6) is -0.515. The van der Waals surface area contributed by atoms with E-state index in [-0.39, 0.29) is 23.5 Å². The third-order valence-corrected chi connectivity index (χ3v) is 6.52. The highest BCUT2D eigenvalue weighted by molar-refractivity contribution is 7.20. The second-order valence-corrected chi connectivity index (χ2v) is 8.74. The fraction of sp³-hybridized carbons (Fsp3) is 0.545. The van der Waals surface area contributed by atoms with Crippen LogP contribution in [0.3, 0.4) is 0 Å². The normalized spacial score (nSPS) is 17.9. The van der Waals surface area contributed by atoms with Crippen LogP contribution in [-0.2, 0) is 9.59 Å². The van der Waals surface area contributed by atoms with Crippen LogP contribution < -0.4 is 5.32 Å². The Labute approximate surface area is 175 Å². The maximum absolute atomic E-state index is 13.2. The van der Waals surface area contributed by atoms with Crippen molar-refractivity contribution in [1.82, 2.24) is 15.2 Å². The number of benzene rings is 1. The van der Waals surface area contributed by atoms with Crippen molar-refractivity contribution in [3.05, 3.63) is 29.3 Å². The minimum absolute atomic E-state index is 0.00690. The first-order chi connectivity index (χ1) is 14.0. The van der Waals surface area contributed by atoms with Crippen LogP contribution in [0.25, 0.3) is 10.2 Å². The zero-order chi connectivity index (χ0) is 20.8. The van der Waals surface area contributed by atoms with E-state index in [2.05, 4.69) is 17.2 Å². The van der Waals surface area contributed by atoms with E-state index in [1.807, 2.05) is 24.3 Å². The van der Waals surface area contributed by atoms with Gasteiger partial charge in [-0.25, -0.2) is 4.98 Å². The summed E-state index contributed by atoms with van der Waals surface area (Å²) in [6.07, 6.45) is 5.10. The summed E-state index contributed by atoms with van der Waals surface area (Å²) in [6, 6.07) is 7.11. The van der Waals surface area contributed by atoms with Crippen LogP contribution in [0.1, 0.15) is 62.2 Å². The fourth-order valence-electron chi connectivity index (χ4n) is 3.76. The maximum atomic E-state index is 13.2. The standard InChI is InChI=1S/C22H29N3O3S/c1-3-4-5-11-18(20(27)22-24-17-10-6-7-12-19(17)29-22)23-21(28)16-9-8-13-25(14-16)15(2)26/h6-7,10,12,16,18H,3-5,8-9,11,13-14H2,1-2H3,(H,23,28)/t16-,18+/m0/s1. The average molecular weight is 416 g/mol. The highest BCUT2D eigenvalue weighted by Crippen LogP contribution is 2.24. The van der Waals surface area contributed by atoms with Crippen molar-refractivity contribution in [2.24, 2.45) is 5.92 Å². The van der Waals surface area contributed by atoms with Gasteiger partial charge in [0.2, 0.25) is 17.6 Å². The Kier molecular flexibility index (Phi) is 7.36. The minimum atomic E-state index is -0.567. The number of nitrogens with zero attached hydrogens (tertiary/aromatic N) is 2. The number of aromatic nitrogens is 1. The average Bonchev–Trinajstić information content (AvgIpc) is 3.17. The predicted molar refractivity (Wildman–Crippen MR) is 115 cm³/mol. The fourth-order valence-corrected chi connectivity index (χ4v) is 4.72. The van der Waals surface area contributed by atoms with E-state index in [1.54, 1.807) is 4.90 Å². The third kappa shape index (κ3) is 5.41. The summed E-state index contributed by atoms with van der Waals surface area (Å²) in [6.45, 7) is 4.77. The molecule has 0 aliphatic carbocycles. The summed E-state index contributed by atoms with van der Waals surface area (Å²) in [4.78, 5) is 43.9. The van der Waals surface area contributed by atoms with Crippen molar-refractivity contribution >= 4 is 39.2 Å². The van der Waals surface area contributed by atoms with E-state index in [9.17, 15) is 14.4 Å². The monoisotopic (exact) mass is 415 g/mol. The summed E-state index contributed by atoms with van der Waals surface area (Å²) < 4.78 is 0.971. The number of hydrogen-bond donors (Lipinski definition) is 1. The van der Waals surface area contributed by atoms with Crippen LogP contribution >= 0.6 is 11.3 Å². The lowest BCUT2D eigenvalue weighted by Gasteiger charge is -2.32. The van der Waals surface area contributed by atoms with Crippen molar-refractivity contribution in [2.45, 2.75) is 58.4 Å². The first-order valence-electron chi connectivity index (χ1n) is 10.4. The lowest BCUT2D eigenvalue weighted by molar-refractivity contribution is -0.134. The Morgan fingerprint density at radius 3 is 2.79 bits per heavy atom. The largest absolute Gasteiger partial charge is 0.346 e. The Morgan fingerprint density at radius 2 is 2.07 bits per heavy atom. The highest BCUT2D eigenvalue weighted by atomic mass is 32.1. The lowest BCUT2D eigenvalue weighted by atomic mass is 9.95. The maximum Gasteiger partial charge on any atom is 0.225 e. The molecule has 1 aliphatic heterocycles. The van der Waals surface area contributed by atoms with Crippen molar-refractivity contribution in [3.63, 3.8) is 0 Å². The number of ketones is 1. The summed E-state index contributed by atoms with van der Waals surface area (Å²) in [7, 11) is 0. The number of unbranched alkanes of at least 4 members (excludes halogenated alkanes) is 2. The number of Topliss-reactive ketones (excluding diaryl/α,β-unsaturated/α-hetero) is 1. The van der Waals surface area contributed by atoms with E-state index in [4.69, 9.17) is 0 Å². The van der Waals surface area contributed by atoms with E-state index < -0.39 is 6.04 Å². The molecule has 0 spiro atoms. The Bertz CT molecular complexity index is 846. The number of nitrogens with one attached hydrogen (secondary N) is 1. The molecule has 3 rings (SSSR count). The van der Waals surface area contributed by atoms with Gasteiger partial charge in [-0.1, -0.05) is 38.3 Å². The molecular formula is C22H29N3O3S. The molecule has 29 heavy (non-hydrogen) atoms. The molecule has 1 fully saturated rings. The van der Waals surface area contributed by atoms with Crippen LogP contribution in [0.15, 0.2) is 24.3 Å². The zero-order valence-corrected chi connectivity index (χ0v) is 18.0. The highest BCUT2D eigenvalue weighted by Gasteiger charge is 2.31. The van der Waals surface area contributed by atoms with Gasteiger partial charge in [-0.05, 0) is 31.4 Å². The molecule has 156 valence electrons. The quantitative estimate of drug-likeness (QED) is 0.525. The molecule has 1 N–H and O–H groups in total. The smallest absolute Gasteiger partial charge is 0.225 e. The van der Waals surface area contributed by atoms with Crippen molar-refractivity contribution < 1.29 is 14.4 Å². The Hall–Kier alpha value is -2.28. The van der Waals surface area contributed by atoms with Crippen molar-refractivity contribution in [2.75, 3.05) is 13.1 Å². The van der Waals surface area contributed by atoms with Gasteiger partial charge in [0.25, 0.3) is 0 Å². The van der Waals surface area contributed by atoms with E-state index in [1.165, 1.54) is 18.3 Å². The van der Waals surface area contributed by atoms with Crippen LogP contribution in [0.2, 0.25) is 0 Å². The molecule has 2 aromatic rings. The molecule has 7 heteroatoms. The Balaban J connectivity index is 1.72. The van der Waals surface area contributed by atoms with Gasteiger partial charge in [0, 0.05) is 20.0 Å². The van der Waals surface area contributed by atoms with Gasteiger partial charge in [0.05, 0.1) is 22.2 Å². The number of hydrogen-bond acceptors (Lipinski definition) is 5. The number of likely N-dealkylation sites (tertiary alicyclic amines) is 1. The van der Waals surface area contributed by atoms with Gasteiger partial charge in [-0.2, -0.15) is 0 Å². The van der Waals surface area contributed by atoms with Crippen molar-refractivity contribution in [1.29, 1.82) is 0 Å². The van der Waals surface area contributed by atoms with Gasteiger partial charge >= 0.3 is 0 Å². The van der Waals surface area contributed by atoms with Crippen LogP contribution in [-0.4, -0.2) is 46.6 Å². The second-order valence-electron chi connectivity index (χ2n) is 7.71. The second kappa shape index (κ2) is 9.96. The molecule has 0 radical (unpaired) electrons. The molecular weight excluding hydrogens is 386 g/mol. The number of piperidine rings is 1. The first-order valence-corrected chi connectivity index (χ1v) is 11.3. The molecule has 0 unspecified atom stereocenters. The number of rotatable bonds is 8. The molecule has 2 atom stereocenters. The molecule has 0 bridgehead atoms. The molecule has 1 aromatic carbocycles. The topological polar surface area (TPSA) is 79.4 Å². The number of para-hydroxylation sites is 1. The van der Waals surface area contributed by atoms with E-state index >= 15 is 0 Å². The molecule has 1 aromatic heterocycles. The number of carbonyl (C=O) groups is 3. The Morgan fingerprint density at radius 1 is 1.28 bits per heavy atom. The molecule has 6 nitrogen and oxygen atoms in total. The summed E-state index contributed by atoms with van der Waals surface area (Å²) in [5.41, 5.74) is 0.809. The van der Waals surface area contributed by atoms with Crippen LogP contribution in [0, 0.1) is 5.92 Å². The van der Waals surface area contributed by atoms with Crippen molar-refractivity contribution in [3.8, 4) is 0 Å². The molecule has 1 aliphatic rings. The number of fused-ring (bicyclic) bond motifs is 1. The number of amides is 2. The zero-order valence-electron chi connectivity index (χ0n) is 17.1. The van der Waals surface area contributed by atoms with Gasteiger partial charge in [-0.15, -0.1) is 11.3 Å². The van der Waals surface area contributed by atoms with E-state index in [0.29, 0.717) is 24.5 Å². The van der Waals surface area contributed by atoms with Gasteiger partial charge in [0.15, 0.2) is 5.01 Å². The van der Waals surface area contributed by atoms with Crippen LogP contribution in [0.4, 0.5) is 0 Å². The minimum Gasteiger partial charge on any atom is -0.346 e. The van der Waals surface area contributed by atoms with Crippen LogP contribution in [0.5, 0.6) is 0 Å². The summed E-state index contributed by atoms with van der Waals surface area (Å²) in [5, 5.41) is 3.43. The first kappa shape index (κ1) is 21.4. The molecule has 0 saturated carbocycles. The van der Waals surface area contributed by atoms with Gasteiger partial charge in [0.1, 0.15) is 0 Å². The molecule has 1 saturated heterocycles. The summed E-state index contributed by atoms with van der Waals surface area (Å²) >= 11 is 1.38. The number of carbonyl (C=O) groups excluding carboxylic acids is 3. The molecule has 2 amide bonds. The molecule has 2 heterocycles. The van der Waals surface area contributed by atoms with Gasteiger partial charge < -0.3 is 10.2 Å². The lowest BCUT2D eigenvalue weighted by Crippen LogP contribution is -2.49.